The van der Waals surface area contributed by atoms with Crippen molar-refractivity contribution in [3.05, 3.63) is 24.6 Å². The molecule has 3 nitrogen and oxygen atoms in total. The van der Waals surface area contributed by atoms with Crippen molar-refractivity contribution in [1.82, 2.24) is 9.80 Å². The Morgan fingerprint density at radius 3 is 2.42 bits per heavy atom. The molecule has 1 saturated heterocycles. The molecule has 0 atom stereocenters. The first-order valence-electron chi connectivity index (χ1n) is 4.25. The van der Waals surface area contributed by atoms with E-state index in [2.05, 4.69) is 23.4 Å². The molecule has 0 bridgehead atoms. The molecule has 0 radical (unpaired) electrons. The van der Waals surface area contributed by atoms with Crippen LogP contribution >= 0.6 is 0 Å². The molecule has 0 aliphatic carbocycles. The fraction of sp³-hybridized carbons (Fsp3) is 0.556. The van der Waals surface area contributed by atoms with Crippen LogP contribution in [0, 0.1) is 0 Å². The average Bonchev–Trinajstić information content (AvgIpc) is 2.06. The molecule has 68 valence electrons. The maximum absolute atomic E-state index is 5.80. The molecule has 0 aromatic heterocycles. The second kappa shape index (κ2) is 4.16. The molecule has 0 aromatic rings. The van der Waals surface area contributed by atoms with Crippen LogP contribution in [-0.4, -0.2) is 43.0 Å². The Morgan fingerprint density at radius 2 is 1.92 bits per heavy atom. The first-order valence-corrected chi connectivity index (χ1v) is 4.25. The van der Waals surface area contributed by atoms with Crippen molar-refractivity contribution in [2.75, 3.05) is 33.2 Å². The van der Waals surface area contributed by atoms with Crippen molar-refractivity contribution in [2.45, 2.75) is 0 Å². The molecule has 0 spiro atoms. The van der Waals surface area contributed by atoms with Crippen LogP contribution in [-0.2, 0) is 0 Å². The Hall–Kier alpha value is -0.960. The third-order valence-corrected chi connectivity index (χ3v) is 2.16. The van der Waals surface area contributed by atoms with E-state index in [4.69, 9.17) is 5.73 Å². The Labute approximate surface area is 74.1 Å². The summed E-state index contributed by atoms with van der Waals surface area (Å²) in [7, 11) is 2.13. The van der Waals surface area contributed by atoms with E-state index in [0.29, 0.717) is 0 Å². The highest BCUT2D eigenvalue weighted by molar-refractivity contribution is 5.06. The predicted octanol–water partition coefficient (Wildman–Crippen LogP) is 0.220. The van der Waals surface area contributed by atoms with Gasteiger partial charge in [0.05, 0.1) is 5.82 Å². The number of rotatable bonds is 2. The highest BCUT2D eigenvalue weighted by atomic mass is 15.3. The minimum absolute atomic E-state index is 0.832. The van der Waals surface area contributed by atoms with Crippen molar-refractivity contribution in [1.29, 1.82) is 0 Å². The van der Waals surface area contributed by atoms with Gasteiger partial charge in [-0.05, 0) is 13.1 Å². The van der Waals surface area contributed by atoms with Crippen LogP contribution in [0.2, 0.25) is 0 Å². The zero-order chi connectivity index (χ0) is 8.97. The summed E-state index contributed by atoms with van der Waals surface area (Å²) in [4.78, 5) is 4.49. The lowest BCUT2D eigenvalue weighted by atomic mass is 10.3. The van der Waals surface area contributed by atoms with Gasteiger partial charge in [-0.1, -0.05) is 12.7 Å². The topological polar surface area (TPSA) is 32.5 Å². The molecule has 3 heteroatoms. The molecule has 1 rings (SSSR count). The number of hydrogen-bond donors (Lipinski definition) is 1. The van der Waals surface area contributed by atoms with Crippen molar-refractivity contribution < 1.29 is 0 Å². The summed E-state index contributed by atoms with van der Waals surface area (Å²) < 4.78 is 0. The monoisotopic (exact) mass is 167 g/mol. The Kier molecular flexibility index (Phi) is 3.17. The minimum Gasteiger partial charge on any atom is -0.385 e. The van der Waals surface area contributed by atoms with Crippen molar-refractivity contribution in [3.8, 4) is 0 Å². The molecule has 0 unspecified atom stereocenters. The van der Waals surface area contributed by atoms with Crippen LogP contribution in [0.3, 0.4) is 0 Å². The maximum Gasteiger partial charge on any atom is 0.0987 e. The van der Waals surface area contributed by atoms with Crippen LogP contribution in [0.4, 0.5) is 0 Å². The van der Waals surface area contributed by atoms with Gasteiger partial charge in [0, 0.05) is 26.2 Å². The van der Waals surface area contributed by atoms with E-state index in [9.17, 15) is 0 Å². The molecule has 1 heterocycles. The zero-order valence-corrected chi connectivity index (χ0v) is 7.66. The van der Waals surface area contributed by atoms with E-state index in [1.165, 1.54) is 0 Å². The number of nitrogens with zero attached hydrogens (tertiary/aromatic N) is 2. The van der Waals surface area contributed by atoms with E-state index in [-0.39, 0.29) is 0 Å². The summed E-state index contributed by atoms with van der Waals surface area (Å²) in [6, 6.07) is 0. The fourth-order valence-electron chi connectivity index (χ4n) is 1.29. The molecule has 0 aromatic carbocycles. The van der Waals surface area contributed by atoms with Gasteiger partial charge in [0.15, 0.2) is 0 Å². The van der Waals surface area contributed by atoms with E-state index < -0.39 is 0 Å². The minimum atomic E-state index is 0.832. The average molecular weight is 167 g/mol. The van der Waals surface area contributed by atoms with Crippen LogP contribution in [0.1, 0.15) is 0 Å². The third kappa shape index (κ3) is 2.27. The van der Waals surface area contributed by atoms with E-state index in [1.54, 1.807) is 6.08 Å². The van der Waals surface area contributed by atoms with Gasteiger partial charge in [0.2, 0.25) is 0 Å². The van der Waals surface area contributed by atoms with Crippen LogP contribution < -0.4 is 5.73 Å². The van der Waals surface area contributed by atoms with Gasteiger partial charge in [0.1, 0.15) is 0 Å². The summed E-state index contributed by atoms with van der Waals surface area (Å²) in [5.74, 6) is 0.832. The van der Waals surface area contributed by atoms with Gasteiger partial charge in [-0.2, -0.15) is 0 Å². The Bertz CT molecular complexity index is 178. The summed E-state index contributed by atoms with van der Waals surface area (Å²) >= 11 is 0. The largest absolute Gasteiger partial charge is 0.385 e. The van der Waals surface area contributed by atoms with Gasteiger partial charge in [-0.25, -0.2) is 0 Å². The number of likely N-dealkylation sites (N-methyl/N-ethyl adjacent to an activating group) is 1. The molecule has 1 aliphatic rings. The van der Waals surface area contributed by atoms with Crippen molar-refractivity contribution in [3.63, 3.8) is 0 Å². The van der Waals surface area contributed by atoms with Crippen molar-refractivity contribution >= 4 is 0 Å². The third-order valence-electron chi connectivity index (χ3n) is 2.16. The Balaban J connectivity index is 2.44. The lowest BCUT2D eigenvalue weighted by molar-refractivity contribution is 0.185. The van der Waals surface area contributed by atoms with E-state index >= 15 is 0 Å². The summed E-state index contributed by atoms with van der Waals surface area (Å²) in [6.07, 6.45) is 3.58. The van der Waals surface area contributed by atoms with Crippen LogP contribution in [0.5, 0.6) is 0 Å². The van der Waals surface area contributed by atoms with Crippen molar-refractivity contribution in [2.24, 2.45) is 5.73 Å². The number of hydrogen-bond acceptors (Lipinski definition) is 3. The second-order valence-electron chi connectivity index (χ2n) is 3.12. The molecule has 0 amide bonds. The number of nitrogens with two attached hydrogens (primary N) is 1. The summed E-state index contributed by atoms with van der Waals surface area (Å²) in [6.45, 7) is 7.84. The predicted molar refractivity (Wildman–Crippen MR) is 51.5 cm³/mol. The van der Waals surface area contributed by atoms with Gasteiger partial charge in [-0.3, -0.25) is 0 Å². The first-order chi connectivity index (χ1) is 5.74. The van der Waals surface area contributed by atoms with Gasteiger partial charge >= 0.3 is 0 Å². The molecule has 2 N–H and O–H groups in total. The lowest BCUT2D eigenvalue weighted by Gasteiger charge is -2.33. The normalized spacial score (nSPS) is 21.1. The molecular weight excluding hydrogens is 150 g/mol. The maximum atomic E-state index is 5.80. The molecule has 1 fully saturated rings. The summed E-state index contributed by atoms with van der Waals surface area (Å²) in [5, 5.41) is 0. The van der Waals surface area contributed by atoms with Gasteiger partial charge in [-0.15, -0.1) is 0 Å². The fourth-order valence-corrected chi connectivity index (χ4v) is 1.29. The number of piperazine rings is 1. The van der Waals surface area contributed by atoms with Crippen LogP contribution in [0.15, 0.2) is 24.6 Å². The van der Waals surface area contributed by atoms with E-state index in [1.807, 2.05) is 6.08 Å². The molecular formula is C9H17N3. The second-order valence-corrected chi connectivity index (χ2v) is 3.12. The van der Waals surface area contributed by atoms with E-state index in [0.717, 1.165) is 32.0 Å². The lowest BCUT2D eigenvalue weighted by Crippen LogP contribution is -2.45. The standard InChI is InChI=1S/C9H17N3/c1-3-4-9(10)12-7-5-11(2)6-8-12/h3-4H,1,5-8,10H2,2H3/b9-4+. The molecule has 1 aliphatic heterocycles. The zero-order valence-electron chi connectivity index (χ0n) is 7.66. The highest BCUT2D eigenvalue weighted by Gasteiger charge is 2.13. The van der Waals surface area contributed by atoms with Gasteiger partial charge in [0.25, 0.3) is 0 Å². The highest BCUT2D eigenvalue weighted by Crippen LogP contribution is 2.03. The van der Waals surface area contributed by atoms with Gasteiger partial charge < -0.3 is 15.5 Å². The molecule has 0 saturated carbocycles. The smallest absolute Gasteiger partial charge is 0.0987 e. The summed E-state index contributed by atoms with van der Waals surface area (Å²) in [5.41, 5.74) is 5.80. The SMILES string of the molecule is C=C/C=C(\N)N1CCN(C)CC1. The van der Waals surface area contributed by atoms with Crippen LogP contribution in [0.25, 0.3) is 0 Å². The first kappa shape index (κ1) is 9.13. The number of allylic oxidation sites excluding steroid dienone is 2. The quantitative estimate of drug-likeness (QED) is 0.597. The molecule has 12 heavy (non-hydrogen) atoms. The Morgan fingerprint density at radius 1 is 1.33 bits per heavy atom.